The van der Waals surface area contributed by atoms with Crippen molar-refractivity contribution in [3.8, 4) is 0 Å². The average molecular weight is 286 g/mol. The average Bonchev–Trinajstić information content (AvgIpc) is 2.47. The molecule has 0 aromatic heterocycles. The van der Waals surface area contributed by atoms with E-state index >= 15 is 0 Å². The van der Waals surface area contributed by atoms with Crippen LogP contribution in [0.25, 0.3) is 0 Å². The lowest BCUT2D eigenvalue weighted by Gasteiger charge is -2.14. The summed E-state index contributed by atoms with van der Waals surface area (Å²) in [5, 5.41) is 0. The molecule has 1 unspecified atom stereocenters. The predicted molar refractivity (Wildman–Crippen MR) is 89.5 cm³/mol. The third kappa shape index (κ3) is 14.3. The third-order valence-electron chi connectivity index (χ3n) is 4.47. The van der Waals surface area contributed by atoms with Crippen LogP contribution in [0.5, 0.6) is 0 Å². The first-order valence-corrected chi connectivity index (χ1v) is 9.27. The Morgan fingerprint density at radius 3 is 1.70 bits per heavy atom. The number of unbranched alkanes of at least 4 members (excludes halogenated alkanes) is 10. The number of rotatable bonds is 16. The van der Waals surface area contributed by atoms with Gasteiger partial charge in [0.05, 0.1) is 0 Å². The van der Waals surface area contributed by atoms with Crippen molar-refractivity contribution < 1.29 is 4.39 Å². The van der Waals surface area contributed by atoms with Crippen molar-refractivity contribution in [2.24, 2.45) is 5.92 Å². The summed E-state index contributed by atoms with van der Waals surface area (Å²) < 4.78 is 11.8. The summed E-state index contributed by atoms with van der Waals surface area (Å²) >= 11 is 0. The zero-order valence-electron chi connectivity index (χ0n) is 14.1. The molecule has 0 N–H and O–H groups in total. The molecule has 0 amide bonds. The van der Waals surface area contributed by atoms with Gasteiger partial charge >= 0.3 is 0 Å². The van der Waals surface area contributed by atoms with E-state index in [9.17, 15) is 4.39 Å². The van der Waals surface area contributed by atoms with Crippen molar-refractivity contribution in [3.05, 3.63) is 6.67 Å². The zero-order chi connectivity index (χ0) is 14.9. The number of hydrogen-bond donors (Lipinski definition) is 0. The molecular formula is C19H38F. The molecule has 1 atom stereocenters. The van der Waals surface area contributed by atoms with Crippen LogP contribution in [0.4, 0.5) is 4.39 Å². The number of halogens is 1. The molecule has 0 saturated carbocycles. The van der Waals surface area contributed by atoms with E-state index in [4.69, 9.17) is 0 Å². The normalized spacial score (nSPS) is 12.8. The van der Waals surface area contributed by atoms with Gasteiger partial charge in [-0.2, -0.15) is 0 Å². The zero-order valence-corrected chi connectivity index (χ0v) is 14.1. The van der Waals surface area contributed by atoms with Gasteiger partial charge < -0.3 is 0 Å². The molecule has 1 radical (unpaired) electrons. The standard InChI is InChI=1S/C19H38F/c1-3-5-13-16-19(4-2)17-14-11-9-7-6-8-10-12-15-18-20/h18-19H,3-17H2,1-2H3. The summed E-state index contributed by atoms with van der Waals surface area (Å²) in [6, 6.07) is 0. The summed E-state index contributed by atoms with van der Waals surface area (Å²) in [4.78, 5) is 0. The maximum absolute atomic E-state index is 11.8. The fourth-order valence-electron chi connectivity index (χ4n) is 2.95. The Morgan fingerprint density at radius 2 is 1.20 bits per heavy atom. The van der Waals surface area contributed by atoms with Gasteiger partial charge in [0.15, 0.2) is 0 Å². The van der Waals surface area contributed by atoms with Gasteiger partial charge in [-0.15, -0.1) is 0 Å². The van der Waals surface area contributed by atoms with E-state index in [0.29, 0.717) is 6.42 Å². The Labute approximate surface area is 127 Å². The lowest BCUT2D eigenvalue weighted by Crippen LogP contribution is -1.99. The maximum Gasteiger partial charge on any atom is 0.131 e. The van der Waals surface area contributed by atoms with Gasteiger partial charge in [-0.05, 0) is 12.3 Å². The van der Waals surface area contributed by atoms with E-state index in [-0.39, 0.29) is 0 Å². The van der Waals surface area contributed by atoms with Crippen LogP contribution in [0.1, 0.15) is 110 Å². The van der Waals surface area contributed by atoms with Crippen molar-refractivity contribution in [2.45, 2.75) is 110 Å². The van der Waals surface area contributed by atoms with Gasteiger partial charge in [0, 0.05) is 0 Å². The summed E-state index contributed by atoms with van der Waals surface area (Å²) in [5.74, 6) is 0.985. The third-order valence-corrected chi connectivity index (χ3v) is 4.47. The van der Waals surface area contributed by atoms with Crippen molar-refractivity contribution in [1.29, 1.82) is 0 Å². The second-order valence-corrected chi connectivity index (χ2v) is 6.33. The second kappa shape index (κ2) is 17.0. The highest BCUT2D eigenvalue weighted by Gasteiger charge is 2.05. The lowest BCUT2D eigenvalue weighted by atomic mass is 9.92. The molecule has 20 heavy (non-hydrogen) atoms. The minimum atomic E-state index is 0.649. The monoisotopic (exact) mass is 285 g/mol. The van der Waals surface area contributed by atoms with Crippen LogP contribution in [0.15, 0.2) is 0 Å². The molecule has 0 aliphatic rings. The van der Waals surface area contributed by atoms with Crippen LogP contribution in [0.2, 0.25) is 0 Å². The van der Waals surface area contributed by atoms with Crippen LogP contribution in [0.3, 0.4) is 0 Å². The molecule has 0 aromatic carbocycles. The first-order chi connectivity index (χ1) is 9.85. The van der Waals surface area contributed by atoms with Crippen LogP contribution in [0, 0.1) is 12.6 Å². The topological polar surface area (TPSA) is 0 Å². The van der Waals surface area contributed by atoms with Crippen molar-refractivity contribution >= 4 is 0 Å². The fourth-order valence-corrected chi connectivity index (χ4v) is 2.95. The molecule has 1 heteroatoms. The Hall–Kier alpha value is -0.0700. The van der Waals surface area contributed by atoms with Gasteiger partial charge in [-0.3, -0.25) is 0 Å². The molecule has 0 fully saturated rings. The molecule has 121 valence electrons. The Bertz CT molecular complexity index is 167. The second-order valence-electron chi connectivity index (χ2n) is 6.33. The molecule has 0 aliphatic carbocycles. The number of hydrogen-bond acceptors (Lipinski definition) is 0. The maximum atomic E-state index is 11.8. The molecule has 0 bridgehead atoms. The molecule has 0 aromatic rings. The molecule has 0 rings (SSSR count). The SMILES string of the molecule is CCCCCC(CC)CCCCCCCCCC[CH]F. The summed E-state index contributed by atoms with van der Waals surface area (Å²) in [6.07, 6.45) is 19.6. The van der Waals surface area contributed by atoms with E-state index in [1.165, 1.54) is 83.5 Å². The van der Waals surface area contributed by atoms with E-state index in [1.807, 2.05) is 0 Å². The van der Waals surface area contributed by atoms with Crippen molar-refractivity contribution in [2.75, 3.05) is 0 Å². The van der Waals surface area contributed by atoms with Gasteiger partial charge in [0.2, 0.25) is 0 Å². The Balaban J connectivity index is 3.20. The van der Waals surface area contributed by atoms with Gasteiger partial charge in [0.1, 0.15) is 6.67 Å². The Kier molecular flexibility index (Phi) is 16.9. The minimum absolute atomic E-state index is 0.649. The summed E-state index contributed by atoms with van der Waals surface area (Å²) in [5.41, 5.74) is 0. The minimum Gasteiger partial charge on any atom is -0.244 e. The van der Waals surface area contributed by atoms with Crippen molar-refractivity contribution in [1.82, 2.24) is 0 Å². The summed E-state index contributed by atoms with van der Waals surface area (Å²) in [6.45, 7) is 5.44. The van der Waals surface area contributed by atoms with Gasteiger partial charge in [-0.1, -0.05) is 104 Å². The van der Waals surface area contributed by atoms with Crippen LogP contribution in [-0.2, 0) is 0 Å². The van der Waals surface area contributed by atoms with Gasteiger partial charge in [0.25, 0.3) is 0 Å². The fraction of sp³-hybridized carbons (Fsp3) is 0.947. The molecule has 0 spiro atoms. The molecular weight excluding hydrogens is 247 g/mol. The Morgan fingerprint density at radius 1 is 0.700 bits per heavy atom. The largest absolute Gasteiger partial charge is 0.244 e. The van der Waals surface area contributed by atoms with E-state index < -0.39 is 0 Å². The van der Waals surface area contributed by atoms with E-state index in [2.05, 4.69) is 13.8 Å². The molecule has 0 nitrogen and oxygen atoms in total. The molecule has 0 aliphatic heterocycles. The highest BCUT2D eigenvalue weighted by molar-refractivity contribution is 4.58. The van der Waals surface area contributed by atoms with E-state index in [1.54, 1.807) is 0 Å². The molecule has 0 heterocycles. The smallest absolute Gasteiger partial charge is 0.131 e. The quantitative estimate of drug-likeness (QED) is 0.256. The first kappa shape index (κ1) is 19.9. The first-order valence-electron chi connectivity index (χ1n) is 9.27. The van der Waals surface area contributed by atoms with E-state index in [0.717, 1.165) is 19.0 Å². The van der Waals surface area contributed by atoms with Crippen LogP contribution < -0.4 is 0 Å². The van der Waals surface area contributed by atoms with Crippen LogP contribution >= 0.6 is 0 Å². The van der Waals surface area contributed by atoms with Gasteiger partial charge in [-0.25, -0.2) is 4.39 Å². The molecule has 0 saturated heterocycles. The van der Waals surface area contributed by atoms with Crippen LogP contribution in [-0.4, -0.2) is 0 Å². The predicted octanol–water partition coefficient (Wildman–Crippen LogP) is 7.63. The summed E-state index contributed by atoms with van der Waals surface area (Å²) in [7, 11) is 0. The lowest BCUT2D eigenvalue weighted by molar-refractivity contribution is 0.395. The van der Waals surface area contributed by atoms with Crippen molar-refractivity contribution in [3.63, 3.8) is 0 Å². The highest BCUT2D eigenvalue weighted by atomic mass is 19.1. The highest BCUT2D eigenvalue weighted by Crippen LogP contribution is 2.21.